The minimum atomic E-state index is 0.301. The van der Waals surface area contributed by atoms with E-state index in [9.17, 15) is 0 Å². The number of rotatable bonds is 3. The number of fused-ring (bicyclic) bond motifs is 2. The summed E-state index contributed by atoms with van der Waals surface area (Å²) in [5.74, 6) is 0. The lowest BCUT2D eigenvalue weighted by molar-refractivity contribution is -0.0260. The van der Waals surface area contributed by atoms with Crippen LogP contribution in [0, 0.1) is 0 Å². The molecule has 3 aliphatic heterocycles. The molecule has 0 spiro atoms. The zero-order chi connectivity index (χ0) is 13.6. The molecule has 3 heterocycles. The van der Waals surface area contributed by atoms with E-state index in [1.807, 2.05) is 0 Å². The van der Waals surface area contributed by atoms with Crippen LogP contribution in [-0.4, -0.2) is 53.1 Å². The minimum absolute atomic E-state index is 0.301. The molecule has 3 aliphatic rings. The molecule has 0 radical (unpaired) electrons. The van der Waals surface area contributed by atoms with Crippen molar-refractivity contribution >= 4 is 0 Å². The third kappa shape index (κ3) is 2.05. The molecule has 2 N–H and O–H groups in total. The van der Waals surface area contributed by atoms with Crippen LogP contribution in [0.25, 0.3) is 0 Å². The van der Waals surface area contributed by atoms with Gasteiger partial charge in [0.25, 0.3) is 0 Å². The predicted molar refractivity (Wildman–Crippen MR) is 80.2 cm³/mol. The first-order chi connectivity index (χ1) is 9.11. The number of hydrogen-bond donors (Lipinski definition) is 1. The van der Waals surface area contributed by atoms with Crippen LogP contribution in [0.4, 0.5) is 0 Å². The van der Waals surface area contributed by atoms with Gasteiger partial charge < -0.3 is 10.6 Å². The molecule has 2 bridgehead atoms. The van der Waals surface area contributed by atoms with Crippen molar-refractivity contribution in [1.82, 2.24) is 9.80 Å². The monoisotopic (exact) mass is 265 g/mol. The van der Waals surface area contributed by atoms with Crippen LogP contribution >= 0.6 is 0 Å². The number of hydrogen-bond acceptors (Lipinski definition) is 3. The van der Waals surface area contributed by atoms with Gasteiger partial charge in [-0.3, -0.25) is 4.90 Å². The molecule has 3 saturated heterocycles. The molecule has 3 rings (SSSR count). The second-order valence-corrected chi connectivity index (χ2v) is 7.28. The molecule has 3 fully saturated rings. The molecular formula is C16H31N3. The van der Waals surface area contributed by atoms with Crippen LogP contribution in [0.15, 0.2) is 0 Å². The van der Waals surface area contributed by atoms with Crippen LogP contribution in [0.5, 0.6) is 0 Å². The fourth-order valence-corrected chi connectivity index (χ4v) is 5.35. The van der Waals surface area contributed by atoms with Crippen molar-refractivity contribution in [2.45, 2.75) is 88.5 Å². The molecule has 0 saturated carbocycles. The van der Waals surface area contributed by atoms with Gasteiger partial charge in [0.05, 0.1) is 0 Å². The zero-order valence-corrected chi connectivity index (χ0v) is 12.9. The van der Waals surface area contributed by atoms with E-state index in [1.54, 1.807) is 0 Å². The molecule has 4 unspecified atom stereocenters. The maximum atomic E-state index is 6.33. The smallest absolute Gasteiger partial charge is 0.0367 e. The van der Waals surface area contributed by atoms with Crippen molar-refractivity contribution in [3.63, 3.8) is 0 Å². The molecule has 3 heteroatoms. The third-order valence-electron chi connectivity index (χ3n) is 6.40. The summed E-state index contributed by atoms with van der Waals surface area (Å²) in [7, 11) is 2.33. The molecule has 0 aromatic rings. The van der Waals surface area contributed by atoms with Crippen molar-refractivity contribution < 1.29 is 0 Å². The molecule has 0 aromatic carbocycles. The molecule has 0 aromatic heterocycles. The molecule has 0 aliphatic carbocycles. The van der Waals surface area contributed by atoms with Gasteiger partial charge in [0, 0.05) is 36.3 Å². The van der Waals surface area contributed by atoms with E-state index in [0.717, 1.165) is 30.7 Å². The van der Waals surface area contributed by atoms with E-state index in [-0.39, 0.29) is 0 Å². The van der Waals surface area contributed by atoms with Gasteiger partial charge in [-0.1, -0.05) is 6.92 Å². The second kappa shape index (κ2) is 5.01. The summed E-state index contributed by atoms with van der Waals surface area (Å²) < 4.78 is 0. The standard InChI is InChI=1S/C16H31N3/c1-4-13-6-5-12(2)19(13)16(11-17)9-14-7-8-15(10-16)18(14)3/h12-15H,4-11,17H2,1-3H3. The highest BCUT2D eigenvalue weighted by Crippen LogP contribution is 2.46. The number of likely N-dealkylation sites (tertiary alicyclic amines) is 1. The Bertz CT molecular complexity index is 316. The van der Waals surface area contributed by atoms with Gasteiger partial charge in [-0.15, -0.1) is 0 Å². The van der Waals surface area contributed by atoms with Crippen molar-refractivity contribution in [3.05, 3.63) is 0 Å². The van der Waals surface area contributed by atoms with E-state index in [2.05, 4.69) is 30.7 Å². The Morgan fingerprint density at radius 3 is 2.26 bits per heavy atom. The fourth-order valence-electron chi connectivity index (χ4n) is 5.35. The highest BCUT2D eigenvalue weighted by atomic mass is 15.3. The van der Waals surface area contributed by atoms with Crippen molar-refractivity contribution in [1.29, 1.82) is 0 Å². The minimum Gasteiger partial charge on any atom is -0.329 e. The van der Waals surface area contributed by atoms with Gasteiger partial charge in [-0.25, -0.2) is 0 Å². The highest BCUT2D eigenvalue weighted by molar-refractivity contribution is 5.09. The van der Waals surface area contributed by atoms with Crippen LogP contribution < -0.4 is 5.73 Å². The molecule has 4 atom stereocenters. The van der Waals surface area contributed by atoms with Crippen molar-refractivity contribution in [2.75, 3.05) is 13.6 Å². The van der Waals surface area contributed by atoms with Crippen LogP contribution in [-0.2, 0) is 0 Å². The first kappa shape index (κ1) is 13.8. The Morgan fingerprint density at radius 2 is 1.74 bits per heavy atom. The molecule has 110 valence electrons. The maximum absolute atomic E-state index is 6.33. The highest BCUT2D eigenvalue weighted by Gasteiger charge is 2.52. The van der Waals surface area contributed by atoms with Gasteiger partial charge in [0.1, 0.15) is 0 Å². The Labute approximate surface area is 118 Å². The molecule has 0 amide bonds. The van der Waals surface area contributed by atoms with Crippen LogP contribution in [0.2, 0.25) is 0 Å². The maximum Gasteiger partial charge on any atom is 0.0367 e. The average Bonchev–Trinajstić information content (AvgIpc) is 2.87. The molecular weight excluding hydrogens is 234 g/mol. The normalized spacial score (nSPS) is 48.0. The Hall–Kier alpha value is -0.120. The summed E-state index contributed by atoms with van der Waals surface area (Å²) in [6, 6.07) is 3.08. The van der Waals surface area contributed by atoms with Crippen molar-refractivity contribution in [3.8, 4) is 0 Å². The van der Waals surface area contributed by atoms with Gasteiger partial charge in [0.15, 0.2) is 0 Å². The summed E-state index contributed by atoms with van der Waals surface area (Å²) >= 11 is 0. The summed E-state index contributed by atoms with van der Waals surface area (Å²) in [6.45, 7) is 5.63. The average molecular weight is 265 g/mol. The first-order valence-corrected chi connectivity index (χ1v) is 8.31. The lowest BCUT2D eigenvalue weighted by atomic mass is 9.80. The number of nitrogens with two attached hydrogens (primary N) is 1. The topological polar surface area (TPSA) is 32.5 Å². The van der Waals surface area contributed by atoms with Gasteiger partial charge in [0.2, 0.25) is 0 Å². The lowest BCUT2D eigenvalue weighted by Crippen LogP contribution is -2.64. The van der Waals surface area contributed by atoms with Gasteiger partial charge >= 0.3 is 0 Å². The van der Waals surface area contributed by atoms with Crippen molar-refractivity contribution in [2.24, 2.45) is 5.73 Å². The van der Waals surface area contributed by atoms with E-state index < -0.39 is 0 Å². The van der Waals surface area contributed by atoms with E-state index in [0.29, 0.717) is 5.54 Å². The Morgan fingerprint density at radius 1 is 1.11 bits per heavy atom. The Balaban J connectivity index is 1.87. The second-order valence-electron chi connectivity index (χ2n) is 7.28. The number of piperidine rings is 1. The van der Waals surface area contributed by atoms with E-state index in [4.69, 9.17) is 5.73 Å². The number of nitrogens with zero attached hydrogens (tertiary/aromatic N) is 2. The van der Waals surface area contributed by atoms with Gasteiger partial charge in [-0.05, 0) is 58.9 Å². The Kier molecular flexibility index (Phi) is 3.65. The quantitative estimate of drug-likeness (QED) is 0.849. The largest absolute Gasteiger partial charge is 0.329 e. The summed E-state index contributed by atoms with van der Waals surface area (Å²) in [4.78, 5) is 5.49. The fraction of sp³-hybridized carbons (Fsp3) is 1.00. The predicted octanol–water partition coefficient (Wildman–Crippen LogP) is 2.20. The lowest BCUT2D eigenvalue weighted by Gasteiger charge is -2.53. The first-order valence-electron chi connectivity index (χ1n) is 8.31. The summed E-state index contributed by atoms with van der Waals surface area (Å²) in [5, 5.41) is 0. The summed E-state index contributed by atoms with van der Waals surface area (Å²) in [6.07, 6.45) is 9.42. The third-order valence-corrected chi connectivity index (χ3v) is 6.40. The van der Waals surface area contributed by atoms with Crippen LogP contribution in [0.3, 0.4) is 0 Å². The van der Waals surface area contributed by atoms with Crippen LogP contribution in [0.1, 0.15) is 58.8 Å². The van der Waals surface area contributed by atoms with Gasteiger partial charge in [-0.2, -0.15) is 0 Å². The van der Waals surface area contributed by atoms with E-state index >= 15 is 0 Å². The van der Waals surface area contributed by atoms with E-state index in [1.165, 1.54) is 44.9 Å². The SMILES string of the molecule is CCC1CCC(C)N1C1(CN)CC2CCC(C1)N2C. The zero-order valence-electron chi connectivity index (χ0n) is 12.9. The molecule has 19 heavy (non-hydrogen) atoms. The molecule has 3 nitrogen and oxygen atoms in total. The summed E-state index contributed by atoms with van der Waals surface area (Å²) in [5.41, 5.74) is 6.64.